The summed E-state index contributed by atoms with van der Waals surface area (Å²) in [6, 6.07) is 1.87. The van der Waals surface area contributed by atoms with Gasteiger partial charge in [-0.15, -0.1) is 0 Å². The average molecular weight is 210 g/mol. The first-order valence-corrected chi connectivity index (χ1v) is 5.06. The molecule has 0 aromatic carbocycles. The second-order valence-corrected chi connectivity index (χ2v) is 3.16. The highest BCUT2D eigenvalue weighted by Gasteiger charge is 1.97. The number of aromatic nitrogens is 2. The number of ether oxygens (including phenoxy) is 1. The van der Waals surface area contributed by atoms with Crippen LogP contribution >= 0.6 is 0 Å². The van der Waals surface area contributed by atoms with Crippen molar-refractivity contribution in [3.63, 3.8) is 0 Å². The number of nitrogens with one attached hydrogen (secondary N) is 2. The van der Waals surface area contributed by atoms with Crippen LogP contribution in [-0.2, 0) is 11.3 Å². The van der Waals surface area contributed by atoms with E-state index in [-0.39, 0.29) is 0 Å². The second kappa shape index (κ2) is 7.14. The van der Waals surface area contributed by atoms with Crippen molar-refractivity contribution in [2.24, 2.45) is 0 Å². The van der Waals surface area contributed by atoms with Crippen LogP contribution in [0.1, 0.15) is 12.2 Å². The lowest BCUT2D eigenvalue weighted by Gasteiger charge is -2.06. The molecule has 0 spiro atoms. The minimum absolute atomic E-state index is 0.688. The number of rotatable bonds is 7. The van der Waals surface area contributed by atoms with E-state index in [0.717, 1.165) is 31.2 Å². The Hall–Kier alpha value is -1.20. The van der Waals surface area contributed by atoms with E-state index in [2.05, 4.69) is 20.6 Å². The Balaban J connectivity index is 2.36. The fraction of sp³-hybridized carbons (Fsp3) is 0.600. The zero-order valence-electron chi connectivity index (χ0n) is 9.29. The Labute approximate surface area is 90.3 Å². The maximum atomic E-state index is 4.96. The molecule has 0 bridgehead atoms. The van der Waals surface area contributed by atoms with Crippen LogP contribution < -0.4 is 10.6 Å². The Morgan fingerprint density at radius 1 is 1.47 bits per heavy atom. The molecule has 0 radical (unpaired) electrons. The Morgan fingerprint density at radius 3 is 3.07 bits per heavy atom. The minimum Gasteiger partial charge on any atom is -0.385 e. The molecule has 0 fully saturated rings. The van der Waals surface area contributed by atoms with Crippen LogP contribution in [0.5, 0.6) is 0 Å². The molecule has 0 saturated heterocycles. The number of hydrogen-bond donors (Lipinski definition) is 2. The monoisotopic (exact) mass is 210 g/mol. The molecule has 0 aliphatic carbocycles. The van der Waals surface area contributed by atoms with Gasteiger partial charge in [-0.25, -0.2) is 9.97 Å². The molecule has 2 N–H and O–H groups in total. The maximum absolute atomic E-state index is 4.96. The Bertz CT molecular complexity index is 280. The van der Waals surface area contributed by atoms with Crippen LogP contribution in [0.2, 0.25) is 0 Å². The van der Waals surface area contributed by atoms with Crippen LogP contribution in [0.4, 0.5) is 5.82 Å². The van der Waals surface area contributed by atoms with Crippen molar-refractivity contribution in [1.29, 1.82) is 0 Å². The predicted molar refractivity (Wildman–Crippen MR) is 59.8 cm³/mol. The van der Waals surface area contributed by atoms with Gasteiger partial charge in [0.2, 0.25) is 0 Å². The van der Waals surface area contributed by atoms with Crippen LogP contribution in [0.15, 0.2) is 12.3 Å². The summed E-state index contributed by atoms with van der Waals surface area (Å²) in [7, 11) is 3.58. The van der Waals surface area contributed by atoms with Gasteiger partial charge < -0.3 is 15.4 Å². The van der Waals surface area contributed by atoms with E-state index in [1.807, 2.05) is 13.1 Å². The summed E-state index contributed by atoms with van der Waals surface area (Å²) in [4.78, 5) is 8.47. The lowest BCUT2D eigenvalue weighted by atomic mass is 10.4. The number of nitrogens with zero attached hydrogens (tertiary/aromatic N) is 2. The van der Waals surface area contributed by atoms with Gasteiger partial charge in [0, 0.05) is 26.5 Å². The maximum Gasteiger partial charge on any atom is 0.144 e. The van der Waals surface area contributed by atoms with E-state index in [0.29, 0.717) is 6.54 Å². The van der Waals surface area contributed by atoms with Crippen molar-refractivity contribution in [2.75, 3.05) is 32.6 Å². The van der Waals surface area contributed by atoms with Crippen LogP contribution in [-0.4, -0.2) is 37.3 Å². The van der Waals surface area contributed by atoms with Gasteiger partial charge in [-0.3, -0.25) is 0 Å². The molecule has 1 rings (SSSR count). The van der Waals surface area contributed by atoms with Gasteiger partial charge in [-0.05, 0) is 19.5 Å². The Kier molecular flexibility index (Phi) is 5.65. The minimum atomic E-state index is 0.688. The molecule has 15 heavy (non-hydrogen) atoms. The average Bonchev–Trinajstić information content (AvgIpc) is 2.26. The number of hydrogen-bond acceptors (Lipinski definition) is 5. The van der Waals surface area contributed by atoms with E-state index >= 15 is 0 Å². The van der Waals surface area contributed by atoms with Crippen molar-refractivity contribution in [2.45, 2.75) is 13.0 Å². The van der Waals surface area contributed by atoms with E-state index in [1.54, 1.807) is 13.3 Å². The summed E-state index contributed by atoms with van der Waals surface area (Å²) >= 11 is 0. The standard InChI is InChI=1S/C10H18N4O/c1-11-8-10-13-6-4-9(14-10)12-5-3-7-15-2/h4,6,11H,3,5,7-8H2,1-2H3,(H,12,13,14). The summed E-state index contributed by atoms with van der Waals surface area (Å²) in [5.74, 6) is 1.67. The van der Waals surface area contributed by atoms with Crippen LogP contribution in [0.3, 0.4) is 0 Å². The van der Waals surface area contributed by atoms with E-state index in [4.69, 9.17) is 4.74 Å². The molecule has 5 heteroatoms. The van der Waals surface area contributed by atoms with E-state index in [1.165, 1.54) is 0 Å². The zero-order valence-corrected chi connectivity index (χ0v) is 9.29. The molecule has 0 aliphatic rings. The van der Waals surface area contributed by atoms with E-state index in [9.17, 15) is 0 Å². The number of anilines is 1. The van der Waals surface area contributed by atoms with Gasteiger partial charge in [-0.2, -0.15) is 0 Å². The second-order valence-electron chi connectivity index (χ2n) is 3.16. The third-order valence-corrected chi connectivity index (χ3v) is 1.87. The summed E-state index contributed by atoms with van der Waals surface area (Å²) < 4.78 is 4.96. The molecular weight excluding hydrogens is 192 g/mol. The molecule has 0 aliphatic heterocycles. The molecule has 1 aromatic heterocycles. The third-order valence-electron chi connectivity index (χ3n) is 1.87. The summed E-state index contributed by atoms with van der Waals surface area (Å²) in [5.41, 5.74) is 0. The lowest BCUT2D eigenvalue weighted by Crippen LogP contribution is -2.11. The van der Waals surface area contributed by atoms with Crippen molar-refractivity contribution in [1.82, 2.24) is 15.3 Å². The van der Waals surface area contributed by atoms with Crippen molar-refractivity contribution < 1.29 is 4.74 Å². The SMILES string of the molecule is CNCc1nccc(NCCCOC)n1. The molecule has 1 heterocycles. The highest BCUT2D eigenvalue weighted by atomic mass is 16.5. The van der Waals surface area contributed by atoms with Gasteiger partial charge in [0.25, 0.3) is 0 Å². The molecule has 0 atom stereocenters. The molecular formula is C10H18N4O. The predicted octanol–water partition coefficient (Wildman–Crippen LogP) is 0.644. The van der Waals surface area contributed by atoms with Crippen LogP contribution in [0, 0.1) is 0 Å². The smallest absolute Gasteiger partial charge is 0.144 e. The molecule has 5 nitrogen and oxygen atoms in total. The topological polar surface area (TPSA) is 59.1 Å². The fourth-order valence-corrected chi connectivity index (χ4v) is 1.17. The van der Waals surface area contributed by atoms with Gasteiger partial charge >= 0.3 is 0 Å². The molecule has 0 unspecified atom stereocenters. The third kappa shape index (κ3) is 4.71. The van der Waals surface area contributed by atoms with Gasteiger partial charge in [-0.1, -0.05) is 0 Å². The molecule has 1 aromatic rings. The first-order valence-electron chi connectivity index (χ1n) is 5.06. The zero-order chi connectivity index (χ0) is 10.9. The quantitative estimate of drug-likeness (QED) is 0.647. The fourth-order valence-electron chi connectivity index (χ4n) is 1.17. The van der Waals surface area contributed by atoms with Gasteiger partial charge in [0.15, 0.2) is 0 Å². The highest BCUT2D eigenvalue weighted by Crippen LogP contribution is 2.01. The summed E-state index contributed by atoms with van der Waals surface area (Å²) in [6.45, 7) is 2.32. The van der Waals surface area contributed by atoms with Gasteiger partial charge in [0.05, 0.1) is 6.54 Å². The number of methoxy groups -OCH3 is 1. The highest BCUT2D eigenvalue weighted by molar-refractivity contribution is 5.32. The Morgan fingerprint density at radius 2 is 2.33 bits per heavy atom. The normalized spacial score (nSPS) is 10.3. The largest absolute Gasteiger partial charge is 0.385 e. The lowest BCUT2D eigenvalue weighted by molar-refractivity contribution is 0.197. The molecule has 0 amide bonds. The summed E-state index contributed by atoms with van der Waals surface area (Å²) in [5, 5.41) is 6.23. The van der Waals surface area contributed by atoms with Crippen molar-refractivity contribution in [3.05, 3.63) is 18.1 Å². The molecule has 0 saturated carbocycles. The first kappa shape index (κ1) is 11.9. The summed E-state index contributed by atoms with van der Waals surface area (Å²) in [6.07, 6.45) is 2.74. The molecule has 84 valence electrons. The van der Waals surface area contributed by atoms with Crippen LogP contribution in [0.25, 0.3) is 0 Å². The van der Waals surface area contributed by atoms with E-state index < -0.39 is 0 Å². The van der Waals surface area contributed by atoms with Gasteiger partial charge in [0.1, 0.15) is 11.6 Å². The first-order chi connectivity index (χ1) is 7.36. The van der Waals surface area contributed by atoms with Crippen molar-refractivity contribution >= 4 is 5.82 Å². The van der Waals surface area contributed by atoms with Crippen molar-refractivity contribution in [3.8, 4) is 0 Å².